The fourth-order valence-electron chi connectivity index (χ4n) is 2.51. The molecule has 0 aliphatic heterocycles. The number of hydrogen-bond donors (Lipinski definition) is 2. The van der Waals surface area contributed by atoms with Gasteiger partial charge in [0.2, 0.25) is 5.91 Å². The van der Waals surface area contributed by atoms with Crippen LogP contribution in [0.2, 0.25) is 5.02 Å². The summed E-state index contributed by atoms with van der Waals surface area (Å²) in [5.41, 5.74) is 0.358. The van der Waals surface area contributed by atoms with Crippen molar-refractivity contribution in [2.45, 2.75) is 12.8 Å². The van der Waals surface area contributed by atoms with Gasteiger partial charge in [-0.2, -0.15) is 0 Å². The number of halogens is 1. The molecule has 0 radical (unpaired) electrons. The van der Waals surface area contributed by atoms with E-state index in [4.69, 9.17) is 11.6 Å². The molecule has 0 saturated heterocycles. The molecular formula is C16H16ClNO5. The van der Waals surface area contributed by atoms with E-state index < -0.39 is 29.7 Å². The van der Waals surface area contributed by atoms with E-state index in [1.807, 2.05) is 0 Å². The molecular weight excluding hydrogens is 322 g/mol. The van der Waals surface area contributed by atoms with Crippen LogP contribution in [0, 0.1) is 11.8 Å². The minimum absolute atomic E-state index is 0.156. The van der Waals surface area contributed by atoms with Crippen LogP contribution < -0.4 is 5.32 Å². The van der Waals surface area contributed by atoms with Gasteiger partial charge >= 0.3 is 11.9 Å². The summed E-state index contributed by atoms with van der Waals surface area (Å²) in [6, 6.07) is 4.38. The number of amides is 1. The molecule has 6 nitrogen and oxygen atoms in total. The molecule has 2 N–H and O–H groups in total. The van der Waals surface area contributed by atoms with E-state index in [1.54, 1.807) is 12.2 Å². The second-order valence-electron chi connectivity index (χ2n) is 5.16. The van der Waals surface area contributed by atoms with E-state index in [0.29, 0.717) is 17.9 Å². The molecule has 1 aromatic carbocycles. The van der Waals surface area contributed by atoms with E-state index in [1.165, 1.54) is 25.3 Å². The Hall–Kier alpha value is -2.34. The number of nitrogens with one attached hydrogen (secondary N) is 1. The average Bonchev–Trinajstić information content (AvgIpc) is 2.54. The Labute approximate surface area is 138 Å². The molecule has 0 saturated carbocycles. The molecule has 0 bridgehead atoms. The zero-order valence-electron chi connectivity index (χ0n) is 12.4. The fraction of sp³-hybridized carbons (Fsp3) is 0.312. The van der Waals surface area contributed by atoms with Crippen LogP contribution >= 0.6 is 11.6 Å². The molecule has 122 valence electrons. The van der Waals surface area contributed by atoms with Gasteiger partial charge in [0.25, 0.3) is 0 Å². The zero-order valence-corrected chi connectivity index (χ0v) is 13.2. The highest BCUT2D eigenvalue weighted by molar-refractivity contribution is 6.31. The number of anilines is 1. The van der Waals surface area contributed by atoms with Gasteiger partial charge in [0.05, 0.1) is 30.2 Å². The van der Waals surface area contributed by atoms with Crippen molar-refractivity contribution in [3.8, 4) is 0 Å². The van der Waals surface area contributed by atoms with Gasteiger partial charge in [-0.1, -0.05) is 23.8 Å². The quantitative estimate of drug-likeness (QED) is 0.651. The summed E-state index contributed by atoms with van der Waals surface area (Å²) in [7, 11) is 1.23. The lowest BCUT2D eigenvalue weighted by molar-refractivity contribution is -0.146. The molecule has 1 aliphatic carbocycles. The highest BCUT2D eigenvalue weighted by atomic mass is 35.5. The minimum atomic E-state index is -1.02. The molecule has 0 heterocycles. The van der Waals surface area contributed by atoms with E-state index in [9.17, 15) is 19.5 Å². The van der Waals surface area contributed by atoms with Gasteiger partial charge in [0, 0.05) is 5.02 Å². The Kier molecular flexibility index (Phi) is 5.39. The lowest BCUT2D eigenvalue weighted by Crippen LogP contribution is -2.35. The van der Waals surface area contributed by atoms with Gasteiger partial charge in [-0.25, -0.2) is 4.79 Å². The number of methoxy groups -OCH3 is 1. The minimum Gasteiger partial charge on any atom is -0.481 e. The number of benzene rings is 1. The van der Waals surface area contributed by atoms with Gasteiger partial charge in [0.1, 0.15) is 0 Å². The standard InChI is InChI=1S/C16H16ClNO5/c1-23-16(22)12-7-6-9(17)8-13(12)18-14(19)10-4-2-3-5-11(10)15(20)21/h2-3,6-8,10-11H,4-5H2,1H3,(H,18,19)(H,20,21)/t10-,11-/m0/s1. The Morgan fingerprint density at radius 3 is 2.48 bits per heavy atom. The lowest BCUT2D eigenvalue weighted by Gasteiger charge is -2.24. The first kappa shape index (κ1) is 17.0. The predicted molar refractivity (Wildman–Crippen MR) is 84.4 cm³/mol. The molecule has 7 heteroatoms. The van der Waals surface area contributed by atoms with Crippen LogP contribution in [-0.2, 0) is 14.3 Å². The van der Waals surface area contributed by atoms with Crippen LogP contribution in [0.4, 0.5) is 5.69 Å². The molecule has 1 amide bonds. The van der Waals surface area contributed by atoms with Crippen molar-refractivity contribution in [2.75, 3.05) is 12.4 Å². The van der Waals surface area contributed by atoms with E-state index in [-0.39, 0.29) is 11.3 Å². The second kappa shape index (κ2) is 7.28. The highest BCUT2D eigenvalue weighted by Crippen LogP contribution is 2.29. The summed E-state index contributed by atoms with van der Waals surface area (Å²) in [6.07, 6.45) is 4.16. The monoisotopic (exact) mass is 337 g/mol. The second-order valence-corrected chi connectivity index (χ2v) is 5.60. The Bertz CT molecular complexity index is 670. The smallest absolute Gasteiger partial charge is 0.339 e. The summed E-state index contributed by atoms with van der Waals surface area (Å²) in [5, 5.41) is 12.2. The molecule has 0 aromatic heterocycles. The molecule has 0 spiro atoms. The van der Waals surface area contributed by atoms with Crippen molar-refractivity contribution in [1.82, 2.24) is 0 Å². The highest BCUT2D eigenvalue weighted by Gasteiger charge is 2.34. The third kappa shape index (κ3) is 3.90. The summed E-state index contributed by atoms with van der Waals surface area (Å²) in [5.74, 6) is -3.60. The number of rotatable bonds is 4. The van der Waals surface area contributed by atoms with E-state index in [0.717, 1.165) is 0 Å². The summed E-state index contributed by atoms with van der Waals surface area (Å²) < 4.78 is 4.66. The number of aliphatic carboxylic acids is 1. The van der Waals surface area contributed by atoms with Crippen molar-refractivity contribution in [1.29, 1.82) is 0 Å². The summed E-state index contributed by atoms with van der Waals surface area (Å²) >= 11 is 5.90. The summed E-state index contributed by atoms with van der Waals surface area (Å²) in [4.78, 5) is 35.5. The number of esters is 1. The largest absolute Gasteiger partial charge is 0.481 e. The zero-order chi connectivity index (χ0) is 17.0. The van der Waals surface area contributed by atoms with Crippen LogP contribution in [-0.4, -0.2) is 30.1 Å². The first-order valence-corrected chi connectivity index (χ1v) is 7.38. The van der Waals surface area contributed by atoms with Crippen LogP contribution in [0.15, 0.2) is 30.4 Å². The maximum atomic E-state index is 12.5. The van der Waals surface area contributed by atoms with Crippen LogP contribution in [0.3, 0.4) is 0 Å². The molecule has 1 aromatic rings. The lowest BCUT2D eigenvalue weighted by atomic mass is 9.82. The SMILES string of the molecule is COC(=O)c1ccc(Cl)cc1NC(=O)[C@H]1CC=CC[C@@H]1C(=O)O. The van der Waals surface area contributed by atoms with Crippen LogP contribution in [0.5, 0.6) is 0 Å². The van der Waals surface area contributed by atoms with Crippen molar-refractivity contribution >= 4 is 35.1 Å². The van der Waals surface area contributed by atoms with Crippen molar-refractivity contribution in [3.63, 3.8) is 0 Å². The van der Waals surface area contributed by atoms with E-state index >= 15 is 0 Å². The normalized spacial score (nSPS) is 19.9. The van der Waals surface area contributed by atoms with Gasteiger partial charge in [-0.05, 0) is 31.0 Å². The van der Waals surface area contributed by atoms with Crippen molar-refractivity contribution in [3.05, 3.63) is 40.9 Å². The summed E-state index contributed by atoms with van der Waals surface area (Å²) in [6.45, 7) is 0. The van der Waals surface area contributed by atoms with Gasteiger partial charge in [0.15, 0.2) is 0 Å². The van der Waals surface area contributed by atoms with Gasteiger partial charge in [-0.15, -0.1) is 0 Å². The Morgan fingerprint density at radius 2 is 1.87 bits per heavy atom. The topological polar surface area (TPSA) is 92.7 Å². The van der Waals surface area contributed by atoms with Crippen molar-refractivity contribution in [2.24, 2.45) is 11.8 Å². The number of allylic oxidation sites excluding steroid dienone is 2. The molecule has 2 rings (SSSR count). The van der Waals surface area contributed by atoms with Crippen LogP contribution in [0.1, 0.15) is 23.2 Å². The Morgan fingerprint density at radius 1 is 1.22 bits per heavy atom. The average molecular weight is 338 g/mol. The number of carbonyl (C=O) groups is 3. The maximum absolute atomic E-state index is 12.5. The first-order chi connectivity index (χ1) is 10.9. The molecule has 2 atom stereocenters. The number of hydrogen-bond acceptors (Lipinski definition) is 4. The number of ether oxygens (including phenoxy) is 1. The third-order valence-corrected chi connectivity index (χ3v) is 3.97. The van der Waals surface area contributed by atoms with Crippen LogP contribution in [0.25, 0.3) is 0 Å². The first-order valence-electron chi connectivity index (χ1n) is 7.00. The van der Waals surface area contributed by atoms with Gasteiger partial charge in [-0.3, -0.25) is 9.59 Å². The number of carboxylic acid groups (broad SMARTS) is 1. The predicted octanol–water partition coefficient (Wildman–Crippen LogP) is 2.73. The number of carbonyl (C=O) groups excluding carboxylic acids is 2. The van der Waals surface area contributed by atoms with Crippen molar-refractivity contribution < 1.29 is 24.2 Å². The molecule has 0 fully saturated rings. The number of carboxylic acids is 1. The van der Waals surface area contributed by atoms with E-state index in [2.05, 4.69) is 10.1 Å². The Balaban J connectivity index is 2.26. The molecule has 1 aliphatic rings. The molecule has 23 heavy (non-hydrogen) atoms. The molecule has 0 unspecified atom stereocenters. The third-order valence-electron chi connectivity index (χ3n) is 3.73. The van der Waals surface area contributed by atoms with Gasteiger partial charge < -0.3 is 15.2 Å². The maximum Gasteiger partial charge on any atom is 0.339 e. The fourth-order valence-corrected chi connectivity index (χ4v) is 2.68.